The third-order valence-corrected chi connectivity index (χ3v) is 5.82. The molecule has 0 aliphatic heterocycles. The van der Waals surface area contributed by atoms with Crippen LogP contribution in [0.15, 0.2) is 42.6 Å². The summed E-state index contributed by atoms with van der Waals surface area (Å²) in [6.45, 7) is 5.97. The lowest BCUT2D eigenvalue weighted by Crippen LogP contribution is -2.15. The summed E-state index contributed by atoms with van der Waals surface area (Å²) in [5.41, 5.74) is 4.88. The molecule has 4 aromatic rings. The molecule has 2 aromatic carbocycles. The van der Waals surface area contributed by atoms with Gasteiger partial charge in [-0.25, -0.2) is 9.50 Å². The minimum absolute atomic E-state index is 0.0567. The molecule has 2 heterocycles. The first-order valence-corrected chi connectivity index (χ1v) is 10.1. The van der Waals surface area contributed by atoms with Gasteiger partial charge < -0.3 is 10.1 Å². The fourth-order valence-corrected chi connectivity index (χ4v) is 4.21. The van der Waals surface area contributed by atoms with Crippen LogP contribution < -0.4 is 10.1 Å². The minimum Gasteiger partial charge on any atom is -0.496 e. The van der Waals surface area contributed by atoms with E-state index in [1.165, 1.54) is 0 Å². The van der Waals surface area contributed by atoms with E-state index >= 15 is 0 Å². The number of nitrogens with one attached hydrogen (secondary N) is 1. The topological polar surface area (TPSA) is 68.5 Å². The Labute approximate surface area is 173 Å². The fraction of sp³-hybridized carbons (Fsp3) is 0.227. The number of nitrogens with zero attached hydrogens (tertiary/aromatic N) is 3. The van der Waals surface area contributed by atoms with Gasteiger partial charge in [0.15, 0.2) is 0 Å². The summed E-state index contributed by atoms with van der Waals surface area (Å²) in [5, 5.41) is 8.43. The Hall–Kier alpha value is -3.19. The predicted molar refractivity (Wildman–Crippen MR) is 116 cm³/mol. The van der Waals surface area contributed by atoms with Gasteiger partial charge in [0.2, 0.25) is 5.91 Å². The lowest BCUT2D eigenvalue weighted by molar-refractivity contribution is -0.115. The van der Waals surface area contributed by atoms with E-state index in [9.17, 15) is 4.79 Å². The fourth-order valence-electron chi connectivity index (χ4n) is 3.24. The van der Waals surface area contributed by atoms with Crippen LogP contribution in [0.5, 0.6) is 5.75 Å². The molecule has 0 atom stereocenters. The molecule has 0 saturated heterocycles. The van der Waals surface area contributed by atoms with Gasteiger partial charge in [0, 0.05) is 11.8 Å². The number of hydrogen-bond donors (Lipinski definition) is 1. The smallest absolute Gasteiger partial charge is 0.228 e. The maximum Gasteiger partial charge on any atom is 0.228 e. The quantitative estimate of drug-likeness (QED) is 0.527. The molecule has 0 aliphatic rings. The van der Waals surface area contributed by atoms with Gasteiger partial charge in [0.1, 0.15) is 21.4 Å². The molecule has 29 heavy (non-hydrogen) atoms. The van der Waals surface area contributed by atoms with Crippen molar-refractivity contribution >= 4 is 27.8 Å². The van der Waals surface area contributed by atoms with Gasteiger partial charge in [-0.2, -0.15) is 5.10 Å². The maximum atomic E-state index is 12.5. The Kier molecular flexibility index (Phi) is 5.07. The molecular formula is C22H22N4O2S. The first kappa shape index (κ1) is 19.1. The van der Waals surface area contributed by atoms with Crippen molar-refractivity contribution in [2.45, 2.75) is 27.2 Å². The lowest BCUT2D eigenvalue weighted by atomic mass is 10.0. The molecule has 4 rings (SSSR count). The number of benzene rings is 2. The number of imidazole rings is 1. The number of anilines is 1. The monoisotopic (exact) mass is 406 g/mol. The van der Waals surface area contributed by atoms with Crippen molar-refractivity contribution in [2.75, 3.05) is 12.4 Å². The average molecular weight is 407 g/mol. The zero-order valence-electron chi connectivity index (χ0n) is 16.8. The van der Waals surface area contributed by atoms with E-state index < -0.39 is 0 Å². The molecule has 7 heteroatoms. The van der Waals surface area contributed by atoms with Crippen molar-refractivity contribution in [3.05, 3.63) is 65.1 Å². The normalized spacial score (nSPS) is 11.0. The van der Waals surface area contributed by atoms with E-state index in [4.69, 9.17) is 4.74 Å². The van der Waals surface area contributed by atoms with E-state index in [-0.39, 0.29) is 5.91 Å². The molecule has 2 aromatic heterocycles. The zero-order valence-corrected chi connectivity index (χ0v) is 17.6. The minimum atomic E-state index is -0.0567. The number of amides is 1. The summed E-state index contributed by atoms with van der Waals surface area (Å²) >= 11 is 1.55. The van der Waals surface area contributed by atoms with Crippen molar-refractivity contribution < 1.29 is 9.53 Å². The summed E-state index contributed by atoms with van der Waals surface area (Å²) < 4.78 is 7.39. The lowest BCUT2D eigenvalue weighted by Gasteiger charge is -2.11. The second-order valence-corrected chi connectivity index (χ2v) is 8.04. The van der Waals surface area contributed by atoms with Crippen LogP contribution in [-0.2, 0) is 11.2 Å². The Morgan fingerprint density at radius 2 is 2.00 bits per heavy atom. The van der Waals surface area contributed by atoms with Crippen LogP contribution in [0.25, 0.3) is 15.4 Å². The highest BCUT2D eigenvalue weighted by Gasteiger charge is 2.15. The van der Waals surface area contributed by atoms with Gasteiger partial charge in [-0.05, 0) is 44.0 Å². The highest BCUT2D eigenvalue weighted by Crippen LogP contribution is 2.35. The Bertz CT molecular complexity index is 1210. The molecule has 148 valence electrons. The molecule has 0 aliphatic carbocycles. The van der Waals surface area contributed by atoms with Gasteiger partial charge in [0.25, 0.3) is 0 Å². The summed E-state index contributed by atoms with van der Waals surface area (Å²) in [5.74, 6) is 1.45. The summed E-state index contributed by atoms with van der Waals surface area (Å²) in [6.07, 6.45) is 2.15. The van der Waals surface area contributed by atoms with Gasteiger partial charge >= 0.3 is 0 Å². The number of fused-ring (bicyclic) bond motifs is 1. The summed E-state index contributed by atoms with van der Waals surface area (Å²) in [4.78, 5) is 17.8. The zero-order chi connectivity index (χ0) is 20.5. The van der Waals surface area contributed by atoms with Crippen molar-refractivity contribution in [1.29, 1.82) is 0 Å². The Morgan fingerprint density at radius 3 is 2.76 bits per heavy atom. The first-order chi connectivity index (χ1) is 13.9. The van der Waals surface area contributed by atoms with Gasteiger partial charge in [0.05, 0.1) is 25.3 Å². The van der Waals surface area contributed by atoms with Crippen molar-refractivity contribution in [2.24, 2.45) is 0 Å². The third kappa shape index (κ3) is 3.86. The van der Waals surface area contributed by atoms with Crippen molar-refractivity contribution in [3.8, 4) is 16.3 Å². The molecule has 1 N–H and O–H groups in total. The number of aryl methyl sites for hydroxylation is 3. The van der Waals surface area contributed by atoms with Gasteiger partial charge in [-0.1, -0.05) is 35.1 Å². The summed E-state index contributed by atoms with van der Waals surface area (Å²) in [7, 11) is 1.62. The van der Waals surface area contributed by atoms with E-state index in [2.05, 4.69) is 27.5 Å². The number of rotatable bonds is 5. The van der Waals surface area contributed by atoms with Crippen LogP contribution in [0, 0.1) is 20.8 Å². The van der Waals surface area contributed by atoms with Gasteiger partial charge in [-0.15, -0.1) is 0 Å². The largest absolute Gasteiger partial charge is 0.496 e. The van der Waals surface area contributed by atoms with Crippen LogP contribution in [0.2, 0.25) is 0 Å². The standard InChI is InChI=1S/C22H22N4O2S/c1-13-5-6-14(2)16(9-13)10-20(27)24-17-7-8-18(19(11-17)28-4)22-25-26-15(3)23-12-21(26)29-22/h5-9,11-12H,10H2,1-4H3,(H,24,27). The van der Waals surface area contributed by atoms with E-state index in [0.717, 1.165) is 37.9 Å². The van der Waals surface area contributed by atoms with Gasteiger partial charge in [-0.3, -0.25) is 4.79 Å². The van der Waals surface area contributed by atoms with Crippen LogP contribution in [-0.4, -0.2) is 27.6 Å². The number of carbonyl (C=O) groups excluding carboxylic acids is 1. The highest BCUT2D eigenvalue weighted by atomic mass is 32.1. The third-order valence-electron chi connectivity index (χ3n) is 4.84. The number of hydrogen-bond acceptors (Lipinski definition) is 5. The first-order valence-electron chi connectivity index (χ1n) is 9.30. The second-order valence-electron chi connectivity index (χ2n) is 7.03. The second kappa shape index (κ2) is 7.67. The summed E-state index contributed by atoms with van der Waals surface area (Å²) in [6, 6.07) is 11.8. The maximum absolute atomic E-state index is 12.5. The molecule has 0 unspecified atom stereocenters. The van der Waals surface area contributed by atoms with Crippen LogP contribution >= 0.6 is 11.3 Å². The molecule has 0 spiro atoms. The van der Waals surface area contributed by atoms with Crippen LogP contribution in [0.1, 0.15) is 22.5 Å². The molecule has 0 bridgehead atoms. The number of carbonyl (C=O) groups is 1. The van der Waals surface area contributed by atoms with Crippen LogP contribution in [0.3, 0.4) is 0 Å². The Balaban J connectivity index is 1.56. The molecule has 1 amide bonds. The van der Waals surface area contributed by atoms with E-state index in [0.29, 0.717) is 17.9 Å². The SMILES string of the molecule is COc1cc(NC(=O)Cc2cc(C)ccc2C)ccc1-c1nn2c(C)ncc2s1. The van der Waals surface area contributed by atoms with E-state index in [1.54, 1.807) is 18.4 Å². The predicted octanol–water partition coefficient (Wildman–Crippen LogP) is 4.57. The number of aromatic nitrogens is 3. The van der Waals surface area contributed by atoms with Crippen molar-refractivity contribution in [1.82, 2.24) is 14.6 Å². The molecular weight excluding hydrogens is 384 g/mol. The highest BCUT2D eigenvalue weighted by molar-refractivity contribution is 7.20. The van der Waals surface area contributed by atoms with Crippen LogP contribution in [0.4, 0.5) is 5.69 Å². The number of ether oxygens (including phenoxy) is 1. The number of methoxy groups -OCH3 is 1. The molecule has 6 nitrogen and oxygen atoms in total. The molecule has 0 fully saturated rings. The van der Waals surface area contributed by atoms with Crippen molar-refractivity contribution in [3.63, 3.8) is 0 Å². The molecule has 0 radical (unpaired) electrons. The average Bonchev–Trinajstić information content (AvgIpc) is 3.26. The Morgan fingerprint density at radius 1 is 1.17 bits per heavy atom. The molecule has 0 saturated carbocycles. The van der Waals surface area contributed by atoms with E-state index in [1.807, 2.05) is 55.7 Å².